The van der Waals surface area contributed by atoms with Crippen LogP contribution in [0.4, 0.5) is 5.82 Å². The van der Waals surface area contributed by atoms with Crippen molar-refractivity contribution in [2.75, 3.05) is 4.72 Å². The molecule has 0 radical (unpaired) electrons. The van der Waals surface area contributed by atoms with Gasteiger partial charge in [-0.1, -0.05) is 32.9 Å². The molecule has 0 aliphatic carbocycles. The molecular formula is C18H21N3O2S. The van der Waals surface area contributed by atoms with E-state index < -0.39 is 10.0 Å². The van der Waals surface area contributed by atoms with Crippen LogP contribution in [0.15, 0.2) is 53.7 Å². The number of rotatable bonds is 3. The lowest BCUT2D eigenvalue weighted by atomic mass is 9.87. The third kappa shape index (κ3) is 3.14. The molecule has 0 spiro atoms. The highest BCUT2D eigenvalue weighted by Crippen LogP contribution is 2.24. The normalized spacial score (nSPS) is 12.5. The van der Waals surface area contributed by atoms with Gasteiger partial charge >= 0.3 is 0 Å². The van der Waals surface area contributed by atoms with Crippen LogP contribution in [0.25, 0.3) is 5.65 Å². The minimum Gasteiger partial charge on any atom is -0.287 e. The number of nitrogens with one attached hydrogen (secondary N) is 1. The molecule has 24 heavy (non-hydrogen) atoms. The van der Waals surface area contributed by atoms with E-state index in [-0.39, 0.29) is 10.3 Å². The van der Waals surface area contributed by atoms with Crippen LogP contribution >= 0.6 is 0 Å². The van der Waals surface area contributed by atoms with Crippen LogP contribution in [0.3, 0.4) is 0 Å². The van der Waals surface area contributed by atoms with Crippen molar-refractivity contribution >= 4 is 21.5 Å². The van der Waals surface area contributed by atoms with Crippen LogP contribution in [0.1, 0.15) is 31.9 Å². The Morgan fingerprint density at radius 3 is 2.38 bits per heavy atom. The topological polar surface area (TPSA) is 63.5 Å². The average molecular weight is 343 g/mol. The van der Waals surface area contributed by atoms with Crippen LogP contribution in [-0.2, 0) is 15.4 Å². The summed E-state index contributed by atoms with van der Waals surface area (Å²) in [4.78, 5) is 4.47. The Labute approximate surface area is 142 Å². The Morgan fingerprint density at radius 2 is 1.75 bits per heavy atom. The number of hydrogen-bond acceptors (Lipinski definition) is 3. The first-order valence-electron chi connectivity index (χ1n) is 7.74. The standard InChI is InChI=1S/C18H21N3O2S/c1-13-11-17-19-10-9-16(21(17)12-13)20-24(22,23)15-7-5-14(6-8-15)18(2,3)4/h5-12,20H,1-4H3. The summed E-state index contributed by atoms with van der Waals surface area (Å²) in [6.45, 7) is 8.22. The molecule has 0 aliphatic rings. The van der Waals surface area contributed by atoms with E-state index in [0.29, 0.717) is 11.5 Å². The van der Waals surface area contributed by atoms with Gasteiger partial charge in [-0.05, 0) is 47.7 Å². The van der Waals surface area contributed by atoms with Gasteiger partial charge in [0.05, 0.1) is 4.90 Å². The van der Waals surface area contributed by atoms with Crippen molar-refractivity contribution in [3.8, 4) is 0 Å². The number of anilines is 1. The highest BCUT2D eigenvalue weighted by Gasteiger charge is 2.18. The van der Waals surface area contributed by atoms with Gasteiger partial charge in [0.25, 0.3) is 10.0 Å². The number of aryl methyl sites for hydroxylation is 1. The zero-order valence-corrected chi connectivity index (χ0v) is 15.1. The number of hydrogen-bond donors (Lipinski definition) is 1. The molecule has 2 heterocycles. The largest absolute Gasteiger partial charge is 0.287 e. The minimum absolute atomic E-state index is 0.0182. The smallest absolute Gasteiger partial charge is 0.263 e. The summed E-state index contributed by atoms with van der Waals surface area (Å²) in [5.74, 6) is 0.466. The average Bonchev–Trinajstić information content (AvgIpc) is 2.88. The van der Waals surface area contributed by atoms with E-state index >= 15 is 0 Å². The summed E-state index contributed by atoms with van der Waals surface area (Å²) in [6, 6.07) is 10.5. The monoisotopic (exact) mass is 343 g/mol. The van der Waals surface area contributed by atoms with Gasteiger partial charge in [0.1, 0.15) is 11.5 Å². The highest BCUT2D eigenvalue weighted by atomic mass is 32.2. The molecule has 0 bridgehead atoms. The second-order valence-corrected chi connectivity index (χ2v) is 8.64. The molecule has 3 aromatic rings. The number of nitrogens with zero attached hydrogens (tertiary/aromatic N) is 2. The van der Waals surface area contributed by atoms with Gasteiger partial charge in [-0.15, -0.1) is 0 Å². The van der Waals surface area contributed by atoms with E-state index in [1.807, 2.05) is 31.3 Å². The number of sulfonamides is 1. The number of fused-ring (bicyclic) bond motifs is 1. The molecule has 0 saturated carbocycles. The third-order valence-electron chi connectivity index (χ3n) is 3.90. The van der Waals surface area contributed by atoms with Gasteiger partial charge in [-0.3, -0.25) is 9.12 Å². The Bertz CT molecular complexity index is 981. The van der Waals surface area contributed by atoms with Gasteiger partial charge in [0, 0.05) is 12.4 Å². The van der Waals surface area contributed by atoms with Gasteiger partial charge < -0.3 is 0 Å². The van der Waals surface area contributed by atoms with E-state index in [1.165, 1.54) is 0 Å². The zero-order chi connectivity index (χ0) is 17.5. The first kappa shape index (κ1) is 16.5. The zero-order valence-electron chi connectivity index (χ0n) is 14.2. The molecular weight excluding hydrogens is 322 g/mol. The van der Waals surface area contributed by atoms with E-state index in [4.69, 9.17) is 0 Å². The quantitative estimate of drug-likeness (QED) is 0.788. The first-order valence-corrected chi connectivity index (χ1v) is 9.22. The maximum atomic E-state index is 12.7. The van der Waals surface area contributed by atoms with Gasteiger partial charge in [0.15, 0.2) is 0 Å². The molecule has 2 aromatic heterocycles. The van der Waals surface area contributed by atoms with Gasteiger partial charge in [0.2, 0.25) is 0 Å². The predicted molar refractivity (Wildman–Crippen MR) is 95.9 cm³/mol. The SMILES string of the molecule is Cc1cc2nccc(NS(=O)(=O)c3ccc(C(C)(C)C)cc3)n2c1. The van der Waals surface area contributed by atoms with Crippen molar-refractivity contribution in [1.82, 2.24) is 9.38 Å². The van der Waals surface area contributed by atoms with Crippen molar-refractivity contribution in [2.45, 2.75) is 38.0 Å². The second-order valence-electron chi connectivity index (χ2n) is 6.96. The molecule has 0 aliphatic heterocycles. The van der Waals surface area contributed by atoms with Crippen molar-refractivity contribution in [2.24, 2.45) is 0 Å². The van der Waals surface area contributed by atoms with Crippen molar-refractivity contribution in [3.05, 3.63) is 59.9 Å². The summed E-state index contributed by atoms with van der Waals surface area (Å²) in [5.41, 5.74) is 2.79. The first-order chi connectivity index (χ1) is 11.2. The molecule has 0 atom stereocenters. The molecule has 3 rings (SSSR count). The van der Waals surface area contributed by atoms with Gasteiger partial charge in [-0.25, -0.2) is 13.4 Å². The summed E-state index contributed by atoms with van der Waals surface area (Å²) in [5, 5.41) is 0. The molecule has 126 valence electrons. The summed E-state index contributed by atoms with van der Waals surface area (Å²) < 4.78 is 29.7. The molecule has 0 fully saturated rings. The summed E-state index contributed by atoms with van der Waals surface area (Å²) >= 11 is 0. The fourth-order valence-corrected chi connectivity index (χ4v) is 3.61. The summed E-state index contributed by atoms with van der Waals surface area (Å²) in [7, 11) is -3.66. The maximum absolute atomic E-state index is 12.7. The lowest BCUT2D eigenvalue weighted by molar-refractivity contribution is 0.587. The van der Waals surface area contributed by atoms with Crippen molar-refractivity contribution in [1.29, 1.82) is 0 Å². The van der Waals surface area contributed by atoms with Crippen LogP contribution in [0.5, 0.6) is 0 Å². The third-order valence-corrected chi connectivity index (χ3v) is 5.28. The van der Waals surface area contributed by atoms with E-state index in [2.05, 4.69) is 30.5 Å². The van der Waals surface area contributed by atoms with Crippen LogP contribution in [0.2, 0.25) is 0 Å². The fourth-order valence-electron chi connectivity index (χ4n) is 2.55. The van der Waals surface area contributed by atoms with E-state index in [9.17, 15) is 8.42 Å². The minimum atomic E-state index is -3.66. The maximum Gasteiger partial charge on any atom is 0.263 e. The molecule has 0 saturated heterocycles. The Hall–Kier alpha value is -2.34. The Morgan fingerprint density at radius 1 is 1.08 bits per heavy atom. The molecule has 0 amide bonds. The molecule has 0 unspecified atom stereocenters. The Balaban J connectivity index is 1.96. The number of aromatic nitrogens is 2. The highest BCUT2D eigenvalue weighted by molar-refractivity contribution is 7.92. The van der Waals surface area contributed by atoms with E-state index in [0.717, 1.165) is 11.1 Å². The predicted octanol–water partition coefficient (Wildman–Crippen LogP) is 3.74. The molecule has 1 N–H and O–H groups in total. The van der Waals surface area contributed by atoms with Crippen LogP contribution in [-0.4, -0.2) is 17.8 Å². The molecule has 5 nitrogen and oxygen atoms in total. The molecule has 6 heteroatoms. The summed E-state index contributed by atoms with van der Waals surface area (Å²) in [6.07, 6.45) is 3.44. The second kappa shape index (κ2) is 5.63. The van der Waals surface area contributed by atoms with Gasteiger partial charge in [-0.2, -0.15) is 0 Å². The van der Waals surface area contributed by atoms with Crippen LogP contribution < -0.4 is 4.72 Å². The Kier molecular flexibility index (Phi) is 3.87. The van der Waals surface area contributed by atoms with Crippen molar-refractivity contribution < 1.29 is 8.42 Å². The lowest BCUT2D eigenvalue weighted by Crippen LogP contribution is -2.16. The molecule has 1 aromatic carbocycles. The fraction of sp³-hybridized carbons (Fsp3) is 0.278. The lowest BCUT2D eigenvalue weighted by Gasteiger charge is -2.19. The number of benzene rings is 1. The van der Waals surface area contributed by atoms with Crippen LogP contribution in [0, 0.1) is 6.92 Å². The van der Waals surface area contributed by atoms with E-state index in [1.54, 1.807) is 28.8 Å². The van der Waals surface area contributed by atoms with Crippen molar-refractivity contribution in [3.63, 3.8) is 0 Å².